The molecule has 0 aromatic heterocycles. The first-order valence-corrected chi connectivity index (χ1v) is 10.0. The Morgan fingerprint density at radius 2 is 1.60 bits per heavy atom. The molecule has 0 saturated carbocycles. The first kappa shape index (κ1) is 20.0. The van der Waals surface area contributed by atoms with Crippen molar-refractivity contribution in [3.8, 4) is 5.75 Å². The Labute approximate surface area is 175 Å². The third kappa shape index (κ3) is 3.90. The third-order valence-electron chi connectivity index (χ3n) is 5.62. The van der Waals surface area contributed by atoms with Crippen molar-refractivity contribution in [1.29, 1.82) is 0 Å². The van der Waals surface area contributed by atoms with Gasteiger partial charge >= 0.3 is 6.03 Å². The largest absolute Gasteiger partial charge is 0.495 e. The Bertz CT molecular complexity index is 930. The summed E-state index contributed by atoms with van der Waals surface area (Å²) in [4.78, 5) is 32.3. The molecule has 4 rings (SSSR count). The first-order chi connectivity index (χ1) is 14.6. The van der Waals surface area contributed by atoms with Crippen LogP contribution in [0.3, 0.4) is 0 Å². The fourth-order valence-electron chi connectivity index (χ4n) is 3.97. The highest BCUT2D eigenvalue weighted by molar-refractivity contribution is 5.96. The van der Waals surface area contributed by atoms with E-state index in [4.69, 9.17) is 4.74 Å². The van der Waals surface area contributed by atoms with Gasteiger partial charge in [0.2, 0.25) is 5.91 Å². The number of anilines is 2. The average Bonchev–Trinajstić information content (AvgIpc) is 3.14. The summed E-state index contributed by atoms with van der Waals surface area (Å²) >= 11 is 0. The third-order valence-corrected chi connectivity index (χ3v) is 5.62. The van der Waals surface area contributed by atoms with Crippen molar-refractivity contribution in [1.82, 2.24) is 9.80 Å². The van der Waals surface area contributed by atoms with Gasteiger partial charge in [-0.05, 0) is 24.3 Å². The van der Waals surface area contributed by atoms with E-state index in [9.17, 15) is 14.0 Å². The predicted octanol–water partition coefficient (Wildman–Crippen LogP) is 2.43. The van der Waals surface area contributed by atoms with E-state index >= 15 is 0 Å². The zero-order chi connectivity index (χ0) is 21.1. The number of hydrogen-bond donors (Lipinski definition) is 0. The second-order valence-corrected chi connectivity index (χ2v) is 7.35. The van der Waals surface area contributed by atoms with Gasteiger partial charge in [0, 0.05) is 39.3 Å². The molecule has 0 atom stereocenters. The van der Waals surface area contributed by atoms with Gasteiger partial charge in [0.15, 0.2) is 0 Å². The monoisotopic (exact) mass is 412 g/mol. The molecule has 0 unspecified atom stereocenters. The molecule has 2 heterocycles. The molecule has 8 heteroatoms. The molecule has 158 valence electrons. The molecule has 0 bridgehead atoms. The molecule has 3 amide bonds. The summed E-state index contributed by atoms with van der Waals surface area (Å²) in [5.41, 5.74) is 1.27. The van der Waals surface area contributed by atoms with Gasteiger partial charge in [-0.1, -0.05) is 24.3 Å². The molecule has 2 aliphatic heterocycles. The van der Waals surface area contributed by atoms with Crippen molar-refractivity contribution in [2.45, 2.75) is 0 Å². The summed E-state index contributed by atoms with van der Waals surface area (Å²) in [7, 11) is 1.65. The maximum Gasteiger partial charge on any atom is 0.325 e. The van der Waals surface area contributed by atoms with Crippen LogP contribution in [0.5, 0.6) is 5.75 Å². The van der Waals surface area contributed by atoms with Crippen LogP contribution < -0.4 is 14.5 Å². The Kier molecular flexibility index (Phi) is 5.74. The predicted molar refractivity (Wildman–Crippen MR) is 113 cm³/mol. The average molecular weight is 412 g/mol. The topological polar surface area (TPSA) is 56.3 Å². The lowest BCUT2D eigenvalue weighted by molar-refractivity contribution is -0.131. The molecule has 2 aromatic carbocycles. The number of methoxy groups -OCH3 is 1. The number of para-hydroxylation sites is 3. The quantitative estimate of drug-likeness (QED) is 0.757. The number of ether oxygens (including phenoxy) is 1. The number of carbonyl (C=O) groups is 2. The van der Waals surface area contributed by atoms with Crippen LogP contribution in [0.2, 0.25) is 0 Å². The summed E-state index contributed by atoms with van der Waals surface area (Å²) in [6.07, 6.45) is 0. The van der Waals surface area contributed by atoms with Crippen LogP contribution in [0.4, 0.5) is 20.6 Å². The number of nitrogens with zero attached hydrogens (tertiary/aromatic N) is 4. The van der Waals surface area contributed by atoms with E-state index in [0.29, 0.717) is 39.3 Å². The Morgan fingerprint density at radius 1 is 0.933 bits per heavy atom. The lowest BCUT2D eigenvalue weighted by atomic mass is 10.2. The number of benzene rings is 2. The maximum atomic E-state index is 14.0. The number of piperazine rings is 1. The Morgan fingerprint density at radius 3 is 2.30 bits per heavy atom. The smallest absolute Gasteiger partial charge is 0.325 e. The van der Waals surface area contributed by atoms with E-state index < -0.39 is 5.82 Å². The highest BCUT2D eigenvalue weighted by Crippen LogP contribution is 2.28. The molecular formula is C22H25FN4O3. The van der Waals surface area contributed by atoms with E-state index in [2.05, 4.69) is 4.90 Å². The highest BCUT2D eigenvalue weighted by atomic mass is 19.1. The molecule has 0 radical (unpaired) electrons. The van der Waals surface area contributed by atoms with Gasteiger partial charge in [-0.15, -0.1) is 0 Å². The lowest BCUT2D eigenvalue weighted by Crippen LogP contribution is -2.51. The van der Waals surface area contributed by atoms with Gasteiger partial charge in [-0.2, -0.15) is 0 Å². The number of carbonyl (C=O) groups excluding carboxylic acids is 2. The van der Waals surface area contributed by atoms with Crippen LogP contribution in [0, 0.1) is 5.82 Å². The van der Waals surface area contributed by atoms with Crippen molar-refractivity contribution in [2.24, 2.45) is 0 Å². The second-order valence-electron chi connectivity index (χ2n) is 7.35. The maximum absolute atomic E-state index is 14.0. The van der Waals surface area contributed by atoms with Crippen LogP contribution >= 0.6 is 0 Å². The SMILES string of the molecule is COc1ccccc1N1CCN(C(=O)CN2CCN(c3ccccc3F)C2=O)CC1. The molecular weight excluding hydrogens is 387 g/mol. The number of halogens is 1. The van der Waals surface area contributed by atoms with Gasteiger partial charge in [-0.25, -0.2) is 9.18 Å². The summed E-state index contributed by atoms with van der Waals surface area (Å²) in [5, 5.41) is 0. The molecule has 7 nitrogen and oxygen atoms in total. The Balaban J connectivity index is 1.33. The summed E-state index contributed by atoms with van der Waals surface area (Å²) < 4.78 is 19.5. The van der Waals surface area contributed by atoms with Crippen molar-refractivity contribution >= 4 is 23.3 Å². The van der Waals surface area contributed by atoms with E-state index in [-0.39, 0.29) is 24.2 Å². The molecule has 2 fully saturated rings. The first-order valence-electron chi connectivity index (χ1n) is 10.0. The molecule has 2 saturated heterocycles. The minimum atomic E-state index is -0.438. The zero-order valence-corrected chi connectivity index (χ0v) is 17.0. The van der Waals surface area contributed by atoms with Gasteiger partial charge in [0.1, 0.15) is 18.1 Å². The number of hydrogen-bond acceptors (Lipinski definition) is 4. The molecule has 2 aliphatic rings. The molecule has 2 aromatic rings. The molecule has 30 heavy (non-hydrogen) atoms. The normalized spacial score (nSPS) is 16.9. The van der Waals surface area contributed by atoms with Crippen LogP contribution in [0.15, 0.2) is 48.5 Å². The zero-order valence-electron chi connectivity index (χ0n) is 17.0. The fraction of sp³-hybridized carbons (Fsp3) is 0.364. The fourth-order valence-corrected chi connectivity index (χ4v) is 3.97. The minimum Gasteiger partial charge on any atom is -0.495 e. The molecule has 0 spiro atoms. The number of amides is 3. The summed E-state index contributed by atoms with van der Waals surface area (Å²) in [6.45, 7) is 3.34. The van der Waals surface area contributed by atoms with E-state index in [1.54, 1.807) is 30.2 Å². The summed E-state index contributed by atoms with van der Waals surface area (Å²) in [6, 6.07) is 13.7. The second kappa shape index (κ2) is 8.61. The summed E-state index contributed by atoms with van der Waals surface area (Å²) in [5.74, 6) is 0.290. The standard InChI is InChI=1S/C22H25FN4O3/c1-30-20-9-5-4-8-19(20)24-10-12-25(13-11-24)21(28)16-26-14-15-27(22(26)29)18-7-3-2-6-17(18)23/h2-9H,10-16H2,1H3. The molecule has 0 N–H and O–H groups in total. The minimum absolute atomic E-state index is 0.0123. The van der Waals surface area contributed by atoms with E-state index in [1.165, 1.54) is 15.9 Å². The van der Waals surface area contributed by atoms with Crippen LogP contribution in [0.25, 0.3) is 0 Å². The van der Waals surface area contributed by atoms with Gasteiger partial charge < -0.3 is 19.4 Å². The van der Waals surface area contributed by atoms with Crippen LogP contribution in [0.1, 0.15) is 0 Å². The van der Waals surface area contributed by atoms with Gasteiger partial charge in [-0.3, -0.25) is 9.69 Å². The van der Waals surface area contributed by atoms with Crippen LogP contribution in [-0.4, -0.2) is 74.7 Å². The van der Waals surface area contributed by atoms with Gasteiger partial charge in [0.05, 0.1) is 18.5 Å². The highest BCUT2D eigenvalue weighted by Gasteiger charge is 2.33. The van der Waals surface area contributed by atoms with Crippen LogP contribution in [-0.2, 0) is 4.79 Å². The van der Waals surface area contributed by atoms with E-state index in [1.807, 2.05) is 24.3 Å². The van der Waals surface area contributed by atoms with Crippen molar-refractivity contribution in [2.75, 3.05) is 62.7 Å². The lowest BCUT2D eigenvalue weighted by Gasteiger charge is -2.37. The van der Waals surface area contributed by atoms with Crippen molar-refractivity contribution in [3.05, 3.63) is 54.3 Å². The van der Waals surface area contributed by atoms with E-state index in [0.717, 1.165) is 11.4 Å². The van der Waals surface area contributed by atoms with Crippen molar-refractivity contribution in [3.63, 3.8) is 0 Å². The van der Waals surface area contributed by atoms with Gasteiger partial charge in [0.25, 0.3) is 0 Å². The number of urea groups is 1. The van der Waals surface area contributed by atoms with Crippen molar-refractivity contribution < 1.29 is 18.7 Å². The molecule has 0 aliphatic carbocycles. The Hall–Kier alpha value is -3.29. The number of rotatable bonds is 5.